The van der Waals surface area contributed by atoms with Crippen molar-refractivity contribution in [2.75, 3.05) is 18.0 Å². The summed E-state index contributed by atoms with van der Waals surface area (Å²) >= 11 is 0. The molecule has 1 aliphatic rings. The summed E-state index contributed by atoms with van der Waals surface area (Å²) in [6.07, 6.45) is 2.36. The number of anilines is 1. The van der Waals surface area contributed by atoms with E-state index in [2.05, 4.69) is 37.9 Å². The third-order valence-corrected chi connectivity index (χ3v) is 4.32. The molecule has 1 aliphatic heterocycles. The molecule has 1 heterocycles. The van der Waals surface area contributed by atoms with E-state index in [1.54, 1.807) is 12.1 Å². The Hall–Kier alpha value is -1.09. The van der Waals surface area contributed by atoms with E-state index in [4.69, 9.17) is 0 Å². The van der Waals surface area contributed by atoms with Crippen molar-refractivity contribution in [2.24, 2.45) is 5.92 Å². The molecule has 0 spiro atoms. The number of nitrogens with zero attached hydrogens (tertiary/aromatic N) is 1. The van der Waals surface area contributed by atoms with Gasteiger partial charge in [-0.15, -0.1) is 0 Å². The van der Waals surface area contributed by atoms with Crippen molar-refractivity contribution in [3.8, 4) is 0 Å². The highest BCUT2D eigenvalue weighted by molar-refractivity contribution is 5.55. The number of hydrogen-bond donors (Lipinski definition) is 1. The molecule has 1 aromatic carbocycles. The summed E-state index contributed by atoms with van der Waals surface area (Å²) in [5.74, 6) is 0.409. The highest BCUT2D eigenvalue weighted by Crippen LogP contribution is 2.28. The van der Waals surface area contributed by atoms with Crippen LogP contribution in [0.5, 0.6) is 0 Å². The quantitative estimate of drug-likeness (QED) is 0.902. The summed E-state index contributed by atoms with van der Waals surface area (Å²) in [5.41, 5.74) is 2.22. The number of piperazine rings is 1. The van der Waals surface area contributed by atoms with Gasteiger partial charge in [0.15, 0.2) is 0 Å². The van der Waals surface area contributed by atoms with E-state index < -0.39 is 0 Å². The lowest BCUT2D eigenvalue weighted by Crippen LogP contribution is -2.58. The second-order valence-electron chi connectivity index (χ2n) is 6.29. The lowest BCUT2D eigenvalue weighted by atomic mass is 9.95. The molecular weight excluding hydrogens is 251 g/mol. The Morgan fingerprint density at radius 2 is 2.15 bits per heavy atom. The molecular formula is C17H27FN2. The number of hydrogen-bond acceptors (Lipinski definition) is 2. The van der Waals surface area contributed by atoms with Gasteiger partial charge in [0.1, 0.15) is 5.82 Å². The molecule has 0 bridgehead atoms. The highest BCUT2D eigenvalue weighted by Gasteiger charge is 2.30. The largest absolute Gasteiger partial charge is 0.365 e. The Labute approximate surface area is 122 Å². The van der Waals surface area contributed by atoms with Crippen LogP contribution in [0.1, 0.15) is 39.2 Å². The van der Waals surface area contributed by atoms with Crippen molar-refractivity contribution >= 4 is 5.69 Å². The summed E-state index contributed by atoms with van der Waals surface area (Å²) in [5, 5.41) is 3.65. The van der Waals surface area contributed by atoms with Crippen molar-refractivity contribution in [3.05, 3.63) is 29.6 Å². The molecule has 0 amide bonds. The molecule has 0 aliphatic carbocycles. The zero-order valence-corrected chi connectivity index (χ0v) is 13.1. The van der Waals surface area contributed by atoms with Gasteiger partial charge in [0, 0.05) is 30.9 Å². The predicted octanol–water partition coefficient (Wildman–Crippen LogP) is 3.74. The summed E-state index contributed by atoms with van der Waals surface area (Å²) in [4.78, 5) is 2.42. The highest BCUT2D eigenvalue weighted by atomic mass is 19.1. The van der Waals surface area contributed by atoms with Gasteiger partial charge < -0.3 is 10.2 Å². The maximum Gasteiger partial charge on any atom is 0.125 e. The van der Waals surface area contributed by atoms with Crippen LogP contribution in [0.3, 0.4) is 0 Å². The van der Waals surface area contributed by atoms with Crippen molar-refractivity contribution in [1.29, 1.82) is 0 Å². The second-order valence-corrected chi connectivity index (χ2v) is 6.29. The molecule has 2 atom stereocenters. The lowest BCUT2D eigenvalue weighted by molar-refractivity contribution is 0.327. The van der Waals surface area contributed by atoms with Gasteiger partial charge in [0.2, 0.25) is 0 Å². The Morgan fingerprint density at radius 3 is 2.80 bits per heavy atom. The fourth-order valence-electron chi connectivity index (χ4n) is 3.14. The Balaban J connectivity index is 2.28. The molecule has 1 fully saturated rings. The van der Waals surface area contributed by atoms with E-state index in [1.165, 1.54) is 12.8 Å². The first-order valence-corrected chi connectivity index (χ1v) is 7.79. The second kappa shape index (κ2) is 6.57. The fourth-order valence-corrected chi connectivity index (χ4v) is 3.14. The minimum Gasteiger partial charge on any atom is -0.365 e. The van der Waals surface area contributed by atoms with Gasteiger partial charge in [0.25, 0.3) is 0 Å². The van der Waals surface area contributed by atoms with Gasteiger partial charge in [-0.3, -0.25) is 0 Å². The Bertz CT molecular complexity index is 445. The zero-order chi connectivity index (χ0) is 14.7. The average Bonchev–Trinajstić information content (AvgIpc) is 2.41. The van der Waals surface area contributed by atoms with Crippen LogP contribution in [0, 0.1) is 18.7 Å². The minimum absolute atomic E-state index is 0.140. The smallest absolute Gasteiger partial charge is 0.125 e. The number of nitrogens with one attached hydrogen (secondary N) is 1. The van der Waals surface area contributed by atoms with Gasteiger partial charge in [-0.25, -0.2) is 4.39 Å². The summed E-state index contributed by atoms with van der Waals surface area (Å²) in [6, 6.07) is 6.08. The van der Waals surface area contributed by atoms with Crippen LogP contribution in [-0.4, -0.2) is 25.2 Å². The molecule has 2 nitrogen and oxygen atoms in total. The predicted molar refractivity (Wildman–Crippen MR) is 83.8 cm³/mol. The number of aryl methyl sites for hydroxylation is 1. The van der Waals surface area contributed by atoms with Crippen LogP contribution in [-0.2, 0) is 0 Å². The summed E-state index contributed by atoms with van der Waals surface area (Å²) < 4.78 is 13.6. The van der Waals surface area contributed by atoms with Gasteiger partial charge in [-0.05, 0) is 37.0 Å². The molecule has 0 aromatic heterocycles. The Morgan fingerprint density at radius 1 is 1.40 bits per heavy atom. The number of halogens is 1. The fraction of sp³-hybridized carbons (Fsp3) is 0.647. The van der Waals surface area contributed by atoms with Crippen molar-refractivity contribution < 1.29 is 4.39 Å². The van der Waals surface area contributed by atoms with Crippen molar-refractivity contribution in [1.82, 2.24) is 5.32 Å². The standard InChI is InChI=1S/C17H27FN2/c1-5-6-15-11-20(17(10-19-15)12(2)3)16-9-14(18)8-7-13(16)4/h7-9,12,15,17,19H,5-6,10-11H2,1-4H3. The van der Waals surface area contributed by atoms with Gasteiger partial charge in [-0.2, -0.15) is 0 Å². The monoisotopic (exact) mass is 278 g/mol. The van der Waals surface area contributed by atoms with Gasteiger partial charge >= 0.3 is 0 Å². The van der Waals surface area contributed by atoms with E-state index >= 15 is 0 Å². The van der Waals surface area contributed by atoms with Crippen molar-refractivity contribution in [3.63, 3.8) is 0 Å². The molecule has 112 valence electrons. The molecule has 0 saturated carbocycles. The molecule has 1 N–H and O–H groups in total. The van der Waals surface area contributed by atoms with Crippen LogP contribution in [0.4, 0.5) is 10.1 Å². The van der Waals surface area contributed by atoms with Gasteiger partial charge in [0.05, 0.1) is 0 Å². The molecule has 2 unspecified atom stereocenters. The third-order valence-electron chi connectivity index (χ3n) is 4.32. The molecule has 20 heavy (non-hydrogen) atoms. The van der Waals surface area contributed by atoms with Crippen molar-refractivity contribution in [2.45, 2.75) is 52.6 Å². The molecule has 0 radical (unpaired) electrons. The summed E-state index contributed by atoms with van der Waals surface area (Å²) in [6.45, 7) is 10.7. The van der Waals surface area contributed by atoms with Crippen LogP contribution < -0.4 is 10.2 Å². The maximum absolute atomic E-state index is 13.6. The first-order valence-electron chi connectivity index (χ1n) is 7.79. The van der Waals surface area contributed by atoms with E-state index in [0.717, 1.165) is 24.3 Å². The molecule has 3 heteroatoms. The molecule has 2 rings (SSSR count). The number of rotatable bonds is 4. The van der Waals surface area contributed by atoms with Crippen LogP contribution in [0.2, 0.25) is 0 Å². The third kappa shape index (κ3) is 3.32. The lowest BCUT2D eigenvalue weighted by Gasteiger charge is -2.44. The maximum atomic E-state index is 13.6. The first kappa shape index (κ1) is 15.3. The van der Waals surface area contributed by atoms with Crippen LogP contribution in [0.25, 0.3) is 0 Å². The zero-order valence-electron chi connectivity index (χ0n) is 13.1. The van der Waals surface area contributed by atoms with E-state index in [9.17, 15) is 4.39 Å². The van der Waals surface area contributed by atoms with E-state index in [1.807, 2.05) is 6.07 Å². The van der Waals surface area contributed by atoms with Gasteiger partial charge in [-0.1, -0.05) is 33.3 Å². The van der Waals surface area contributed by atoms with Crippen LogP contribution >= 0.6 is 0 Å². The van der Waals surface area contributed by atoms with E-state index in [-0.39, 0.29) is 5.82 Å². The Kier molecular flexibility index (Phi) is 5.03. The number of benzene rings is 1. The van der Waals surface area contributed by atoms with E-state index in [0.29, 0.717) is 18.0 Å². The SMILES string of the molecule is CCCC1CN(c2cc(F)ccc2C)C(C(C)C)CN1. The topological polar surface area (TPSA) is 15.3 Å². The minimum atomic E-state index is -0.140. The van der Waals surface area contributed by atoms with Crippen LogP contribution in [0.15, 0.2) is 18.2 Å². The molecule has 1 aromatic rings. The first-order chi connectivity index (χ1) is 9.52. The normalized spacial score (nSPS) is 23.4. The average molecular weight is 278 g/mol. The summed E-state index contributed by atoms with van der Waals surface area (Å²) in [7, 11) is 0. The molecule has 1 saturated heterocycles.